The van der Waals surface area contributed by atoms with Crippen molar-refractivity contribution in [1.82, 2.24) is 0 Å². The highest BCUT2D eigenvalue weighted by molar-refractivity contribution is 9.09. The van der Waals surface area contributed by atoms with E-state index in [9.17, 15) is 13.2 Å². The van der Waals surface area contributed by atoms with E-state index in [0.717, 1.165) is 6.07 Å². The molecular formula is C14H9BrClF3. The molecule has 19 heavy (non-hydrogen) atoms. The van der Waals surface area contributed by atoms with Gasteiger partial charge in [0.05, 0.1) is 0 Å². The van der Waals surface area contributed by atoms with Crippen molar-refractivity contribution in [3.05, 3.63) is 70.0 Å². The standard InChI is InChI=1S/C14H9BrClF3/c15-12(11-4-2-9(16)6-14(11)19)5-8-1-3-10(17)7-13(8)18/h1-4,6-7,12H,5H2. The van der Waals surface area contributed by atoms with Gasteiger partial charge in [-0.2, -0.15) is 0 Å². The van der Waals surface area contributed by atoms with Crippen LogP contribution in [0.2, 0.25) is 5.02 Å². The van der Waals surface area contributed by atoms with Crippen LogP contribution in [0.3, 0.4) is 0 Å². The highest BCUT2D eigenvalue weighted by Gasteiger charge is 2.16. The van der Waals surface area contributed by atoms with Gasteiger partial charge in [-0.25, -0.2) is 13.2 Å². The molecule has 0 amide bonds. The van der Waals surface area contributed by atoms with E-state index in [1.54, 1.807) is 12.1 Å². The predicted molar refractivity (Wildman–Crippen MR) is 73.1 cm³/mol. The second-order valence-corrected chi connectivity index (χ2v) is 5.61. The van der Waals surface area contributed by atoms with Crippen molar-refractivity contribution in [1.29, 1.82) is 0 Å². The molecule has 1 unspecified atom stereocenters. The van der Waals surface area contributed by atoms with Crippen molar-refractivity contribution in [2.24, 2.45) is 0 Å². The normalized spacial score (nSPS) is 12.5. The van der Waals surface area contributed by atoms with Gasteiger partial charge in [-0.1, -0.05) is 39.7 Å². The van der Waals surface area contributed by atoms with Gasteiger partial charge in [-0.3, -0.25) is 0 Å². The Labute approximate surface area is 122 Å². The van der Waals surface area contributed by atoms with Gasteiger partial charge in [0.2, 0.25) is 0 Å². The van der Waals surface area contributed by atoms with Gasteiger partial charge in [0.15, 0.2) is 0 Å². The molecule has 2 rings (SSSR count). The molecule has 5 heteroatoms. The first kappa shape index (κ1) is 14.4. The Bertz CT molecular complexity index is 601. The summed E-state index contributed by atoms with van der Waals surface area (Å²) in [6.45, 7) is 0. The fourth-order valence-electron chi connectivity index (χ4n) is 1.75. The summed E-state index contributed by atoms with van der Waals surface area (Å²) < 4.78 is 40.0. The number of halogens is 5. The van der Waals surface area contributed by atoms with Gasteiger partial charge in [0, 0.05) is 21.5 Å². The van der Waals surface area contributed by atoms with Crippen molar-refractivity contribution in [3.8, 4) is 0 Å². The molecule has 100 valence electrons. The van der Waals surface area contributed by atoms with Crippen LogP contribution in [0.25, 0.3) is 0 Å². The third-order valence-electron chi connectivity index (χ3n) is 2.71. The molecule has 2 aromatic carbocycles. The summed E-state index contributed by atoms with van der Waals surface area (Å²) in [5, 5.41) is 0.300. The van der Waals surface area contributed by atoms with Gasteiger partial charge in [-0.15, -0.1) is 0 Å². The van der Waals surface area contributed by atoms with Gasteiger partial charge in [-0.05, 0) is 30.2 Å². The van der Waals surface area contributed by atoms with E-state index in [4.69, 9.17) is 11.6 Å². The molecular weight excluding hydrogens is 341 g/mol. The third kappa shape index (κ3) is 3.51. The lowest BCUT2D eigenvalue weighted by molar-refractivity contribution is 0.568. The first-order valence-electron chi connectivity index (χ1n) is 5.50. The number of alkyl halides is 1. The highest BCUT2D eigenvalue weighted by Crippen LogP contribution is 2.31. The molecule has 0 aliphatic carbocycles. The Morgan fingerprint density at radius 2 is 1.74 bits per heavy atom. The van der Waals surface area contributed by atoms with Crippen molar-refractivity contribution in [2.45, 2.75) is 11.2 Å². The Hall–Kier alpha value is -1.00. The number of rotatable bonds is 3. The Kier molecular flexibility index (Phi) is 4.53. The second kappa shape index (κ2) is 5.97. The monoisotopic (exact) mass is 348 g/mol. The first-order chi connectivity index (χ1) is 8.97. The van der Waals surface area contributed by atoms with Crippen LogP contribution in [0.4, 0.5) is 13.2 Å². The zero-order valence-electron chi connectivity index (χ0n) is 9.64. The van der Waals surface area contributed by atoms with Gasteiger partial charge in [0.25, 0.3) is 0 Å². The predicted octanol–water partition coefficient (Wildman–Crippen LogP) is 5.44. The topological polar surface area (TPSA) is 0 Å². The van der Waals surface area contributed by atoms with E-state index < -0.39 is 22.3 Å². The van der Waals surface area contributed by atoms with Crippen LogP contribution in [0.15, 0.2) is 36.4 Å². The third-order valence-corrected chi connectivity index (χ3v) is 3.77. The van der Waals surface area contributed by atoms with Crippen LogP contribution >= 0.6 is 27.5 Å². The van der Waals surface area contributed by atoms with Crippen LogP contribution in [0.1, 0.15) is 16.0 Å². The van der Waals surface area contributed by atoms with Gasteiger partial charge in [0.1, 0.15) is 17.5 Å². The lowest BCUT2D eigenvalue weighted by Crippen LogP contribution is -2.01. The summed E-state index contributed by atoms with van der Waals surface area (Å²) in [7, 11) is 0. The molecule has 0 fully saturated rings. The molecule has 0 spiro atoms. The van der Waals surface area contributed by atoms with Gasteiger partial charge >= 0.3 is 0 Å². The minimum absolute atomic E-state index is 0.213. The molecule has 0 nitrogen and oxygen atoms in total. The molecule has 0 saturated carbocycles. The minimum Gasteiger partial charge on any atom is -0.207 e. The van der Waals surface area contributed by atoms with Crippen LogP contribution in [0, 0.1) is 17.5 Å². The smallest absolute Gasteiger partial charge is 0.129 e. The van der Waals surface area contributed by atoms with Crippen molar-refractivity contribution in [2.75, 3.05) is 0 Å². The molecule has 0 bridgehead atoms. The molecule has 1 atom stereocenters. The van der Waals surface area contributed by atoms with E-state index >= 15 is 0 Å². The van der Waals surface area contributed by atoms with Gasteiger partial charge < -0.3 is 0 Å². The molecule has 0 heterocycles. The van der Waals surface area contributed by atoms with E-state index in [0.29, 0.717) is 16.1 Å². The summed E-state index contributed by atoms with van der Waals surface area (Å²) in [5.41, 5.74) is 0.700. The minimum atomic E-state index is -0.640. The van der Waals surface area contributed by atoms with Crippen molar-refractivity contribution >= 4 is 27.5 Å². The summed E-state index contributed by atoms with van der Waals surface area (Å²) >= 11 is 8.97. The average molecular weight is 350 g/mol. The second-order valence-electron chi connectivity index (χ2n) is 4.07. The highest BCUT2D eigenvalue weighted by atomic mass is 79.9. The summed E-state index contributed by atoms with van der Waals surface area (Å²) in [6.07, 6.45) is 0.213. The quantitative estimate of drug-likeness (QED) is 0.648. The molecule has 0 N–H and O–H groups in total. The molecule has 0 saturated heterocycles. The number of hydrogen-bond acceptors (Lipinski definition) is 0. The number of benzene rings is 2. The molecule has 0 aliphatic heterocycles. The van der Waals surface area contributed by atoms with E-state index in [1.807, 2.05) is 0 Å². The first-order valence-corrected chi connectivity index (χ1v) is 6.79. The van der Waals surface area contributed by atoms with E-state index in [2.05, 4.69) is 15.9 Å². The zero-order valence-corrected chi connectivity index (χ0v) is 12.0. The Morgan fingerprint density at radius 3 is 2.37 bits per heavy atom. The van der Waals surface area contributed by atoms with E-state index in [1.165, 1.54) is 18.2 Å². The molecule has 0 radical (unpaired) electrons. The maximum absolute atomic E-state index is 13.7. The average Bonchev–Trinajstić information content (AvgIpc) is 2.32. The maximum Gasteiger partial charge on any atom is 0.129 e. The van der Waals surface area contributed by atoms with Crippen LogP contribution < -0.4 is 0 Å². The summed E-state index contributed by atoms with van der Waals surface area (Å²) in [6, 6.07) is 7.65. The van der Waals surface area contributed by atoms with Crippen LogP contribution in [-0.4, -0.2) is 0 Å². The summed E-state index contributed by atoms with van der Waals surface area (Å²) in [4.78, 5) is -0.412. The lowest BCUT2D eigenvalue weighted by Gasteiger charge is -2.12. The Balaban J connectivity index is 2.23. The largest absolute Gasteiger partial charge is 0.207 e. The van der Waals surface area contributed by atoms with E-state index in [-0.39, 0.29) is 6.42 Å². The molecule has 2 aromatic rings. The maximum atomic E-state index is 13.7. The fraction of sp³-hybridized carbons (Fsp3) is 0.143. The Morgan fingerprint density at radius 1 is 1.00 bits per heavy atom. The zero-order chi connectivity index (χ0) is 14.0. The lowest BCUT2D eigenvalue weighted by atomic mass is 10.0. The van der Waals surface area contributed by atoms with Crippen LogP contribution in [-0.2, 0) is 6.42 Å². The summed E-state index contributed by atoms with van der Waals surface area (Å²) in [5.74, 6) is -1.74. The van der Waals surface area contributed by atoms with Crippen LogP contribution in [0.5, 0.6) is 0 Å². The molecule has 0 aromatic heterocycles. The fourth-order valence-corrected chi connectivity index (χ4v) is 2.62. The SMILES string of the molecule is Fc1ccc(CC(Br)c2ccc(Cl)cc2F)c(F)c1. The van der Waals surface area contributed by atoms with Crippen molar-refractivity contribution < 1.29 is 13.2 Å². The van der Waals surface area contributed by atoms with Crippen molar-refractivity contribution in [3.63, 3.8) is 0 Å². The molecule has 0 aliphatic rings. The number of hydrogen-bond donors (Lipinski definition) is 0.